The Labute approximate surface area is 186 Å². The third kappa shape index (κ3) is 8.61. The summed E-state index contributed by atoms with van der Waals surface area (Å²) in [6.45, 7) is 6.75. The van der Waals surface area contributed by atoms with Gasteiger partial charge in [0.2, 0.25) is 15.9 Å². The molecule has 2 rings (SSSR count). The fourth-order valence-corrected chi connectivity index (χ4v) is 4.33. The van der Waals surface area contributed by atoms with Crippen LogP contribution in [0.1, 0.15) is 44.2 Å². The van der Waals surface area contributed by atoms with Crippen molar-refractivity contribution in [3.05, 3.63) is 59.7 Å². The van der Waals surface area contributed by atoms with Gasteiger partial charge < -0.3 is 10.1 Å². The number of aryl methyl sites for hydroxylation is 2. The van der Waals surface area contributed by atoms with E-state index in [1.807, 2.05) is 63.2 Å². The number of carbonyl (C=O) groups is 1. The predicted molar refractivity (Wildman–Crippen MR) is 126 cm³/mol. The number of carbonyl (C=O) groups excluding carboxylic acids is 1. The van der Waals surface area contributed by atoms with Crippen LogP contribution in [0.3, 0.4) is 0 Å². The predicted octanol–water partition coefficient (Wildman–Crippen LogP) is 4.08. The normalized spacial score (nSPS) is 11.4. The first kappa shape index (κ1) is 24.7. The second-order valence-electron chi connectivity index (χ2n) is 7.99. The highest BCUT2D eigenvalue weighted by Gasteiger charge is 2.18. The zero-order chi connectivity index (χ0) is 22.9. The van der Waals surface area contributed by atoms with Crippen molar-refractivity contribution < 1.29 is 17.9 Å². The lowest BCUT2D eigenvalue weighted by Crippen LogP contribution is -2.32. The standard InChI is InChI=1S/C24H34N2O4S/c1-19(2)30-22-15-13-21(14-16-22)10-7-17-25-24(27)12-8-18-26(31(4,28)29)23-11-6-5-9-20(23)3/h5-6,9,11,13-16,19H,7-8,10,12,17-18H2,1-4H3,(H,25,27). The number of sulfonamides is 1. The van der Waals surface area contributed by atoms with Crippen molar-refractivity contribution >= 4 is 21.6 Å². The van der Waals surface area contributed by atoms with Crippen molar-refractivity contribution in [3.63, 3.8) is 0 Å². The molecule has 2 aromatic carbocycles. The molecule has 31 heavy (non-hydrogen) atoms. The molecule has 1 amide bonds. The smallest absolute Gasteiger partial charge is 0.232 e. The Morgan fingerprint density at radius 1 is 1.06 bits per heavy atom. The van der Waals surface area contributed by atoms with E-state index < -0.39 is 10.0 Å². The Balaban J connectivity index is 1.72. The first-order valence-electron chi connectivity index (χ1n) is 10.7. The maximum absolute atomic E-state index is 12.2. The number of amides is 1. The number of anilines is 1. The van der Waals surface area contributed by atoms with Gasteiger partial charge in [-0.05, 0) is 69.4 Å². The van der Waals surface area contributed by atoms with Crippen LogP contribution in [0.4, 0.5) is 5.69 Å². The Bertz CT molecular complexity index is 940. The summed E-state index contributed by atoms with van der Waals surface area (Å²) in [5.74, 6) is 0.805. The van der Waals surface area contributed by atoms with E-state index in [9.17, 15) is 13.2 Å². The van der Waals surface area contributed by atoms with Gasteiger partial charge in [0.15, 0.2) is 0 Å². The number of nitrogens with one attached hydrogen (secondary N) is 1. The number of benzene rings is 2. The summed E-state index contributed by atoms with van der Waals surface area (Å²) < 4.78 is 31.4. The summed E-state index contributed by atoms with van der Waals surface area (Å²) in [4.78, 5) is 12.1. The van der Waals surface area contributed by atoms with Crippen LogP contribution in [-0.2, 0) is 21.2 Å². The molecule has 0 atom stereocenters. The maximum Gasteiger partial charge on any atom is 0.232 e. The summed E-state index contributed by atoms with van der Waals surface area (Å²) in [5, 5.41) is 2.92. The number of nitrogens with zero attached hydrogens (tertiary/aromatic N) is 1. The van der Waals surface area contributed by atoms with Gasteiger partial charge in [-0.3, -0.25) is 9.10 Å². The molecule has 7 heteroatoms. The first-order chi connectivity index (χ1) is 14.7. The van der Waals surface area contributed by atoms with E-state index >= 15 is 0 Å². The Morgan fingerprint density at radius 2 is 1.74 bits per heavy atom. The van der Waals surface area contributed by atoms with E-state index in [-0.39, 0.29) is 18.6 Å². The number of rotatable bonds is 12. The van der Waals surface area contributed by atoms with Crippen LogP contribution in [0.25, 0.3) is 0 Å². The van der Waals surface area contributed by atoms with Crippen LogP contribution in [0.5, 0.6) is 5.75 Å². The molecule has 0 unspecified atom stereocenters. The monoisotopic (exact) mass is 446 g/mol. The van der Waals surface area contributed by atoms with E-state index in [0.717, 1.165) is 24.2 Å². The van der Waals surface area contributed by atoms with Gasteiger partial charge in [0.25, 0.3) is 0 Å². The maximum atomic E-state index is 12.2. The Kier molecular flexibility index (Phi) is 9.37. The lowest BCUT2D eigenvalue weighted by atomic mass is 10.1. The number of para-hydroxylation sites is 1. The van der Waals surface area contributed by atoms with Crippen LogP contribution < -0.4 is 14.4 Å². The van der Waals surface area contributed by atoms with E-state index in [0.29, 0.717) is 25.1 Å². The summed E-state index contributed by atoms with van der Waals surface area (Å²) >= 11 is 0. The zero-order valence-electron chi connectivity index (χ0n) is 18.9. The molecule has 1 N–H and O–H groups in total. The average molecular weight is 447 g/mol. The zero-order valence-corrected chi connectivity index (χ0v) is 19.7. The van der Waals surface area contributed by atoms with Crippen molar-refractivity contribution in [2.75, 3.05) is 23.7 Å². The van der Waals surface area contributed by atoms with Gasteiger partial charge in [0.05, 0.1) is 18.0 Å². The van der Waals surface area contributed by atoms with Crippen LogP contribution in [-0.4, -0.2) is 39.8 Å². The summed E-state index contributed by atoms with van der Waals surface area (Å²) in [5.41, 5.74) is 2.75. The van der Waals surface area contributed by atoms with E-state index in [1.54, 1.807) is 6.07 Å². The largest absolute Gasteiger partial charge is 0.491 e. The molecular weight excluding hydrogens is 412 g/mol. The van der Waals surface area contributed by atoms with Crippen molar-refractivity contribution in [1.29, 1.82) is 0 Å². The summed E-state index contributed by atoms with van der Waals surface area (Å²) in [7, 11) is -3.41. The highest BCUT2D eigenvalue weighted by molar-refractivity contribution is 7.92. The van der Waals surface area contributed by atoms with Crippen molar-refractivity contribution in [3.8, 4) is 5.75 Å². The lowest BCUT2D eigenvalue weighted by Gasteiger charge is -2.24. The Hall–Kier alpha value is -2.54. The van der Waals surface area contributed by atoms with Crippen molar-refractivity contribution in [2.24, 2.45) is 0 Å². The van der Waals surface area contributed by atoms with Gasteiger partial charge in [-0.15, -0.1) is 0 Å². The van der Waals surface area contributed by atoms with E-state index in [2.05, 4.69) is 5.32 Å². The molecule has 0 aromatic heterocycles. The minimum atomic E-state index is -3.41. The third-order valence-electron chi connectivity index (χ3n) is 4.81. The molecule has 0 aliphatic heterocycles. The van der Waals surface area contributed by atoms with Gasteiger partial charge >= 0.3 is 0 Å². The SMILES string of the molecule is Cc1ccccc1N(CCCC(=O)NCCCc1ccc(OC(C)C)cc1)S(C)(=O)=O. The summed E-state index contributed by atoms with van der Waals surface area (Å²) in [6, 6.07) is 15.4. The molecule has 0 fully saturated rings. The van der Waals surface area contributed by atoms with E-state index in [1.165, 1.54) is 16.1 Å². The highest BCUT2D eigenvalue weighted by Crippen LogP contribution is 2.22. The molecule has 0 spiro atoms. The van der Waals surface area contributed by atoms with Gasteiger partial charge in [0.1, 0.15) is 5.75 Å². The first-order valence-corrected chi connectivity index (χ1v) is 12.6. The summed E-state index contributed by atoms with van der Waals surface area (Å²) in [6.07, 6.45) is 3.82. The van der Waals surface area contributed by atoms with Crippen LogP contribution in [0.15, 0.2) is 48.5 Å². The fraction of sp³-hybridized carbons (Fsp3) is 0.458. The van der Waals surface area contributed by atoms with Crippen molar-refractivity contribution in [1.82, 2.24) is 5.32 Å². The lowest BCUT2D eigenvalue weighted by molar-refractivity contribution is -0.121. The second kappa shape index (κ2) is 11.7. The molecule has 0 saturated carbocycles. The molecule has 6 nitrogen and oxygen atoms in total. The highest BCUT2D eigenvalue weighted by atomic mass is 32.2. The molecule has 0 saturated heterocycles. The van der Waals surface area contributed by atoms with Gasteiger partial charge in [-0.1, -0.05) is 30.3 Å². The molecule has 170 valence electrons. The minimum absolute atomic E-state index is 0.0566. The molecule has 0 heterocycles. The molecule has 0 aliphatic carbocycles. The quantitative estimate of drug-likeness (QED) is 0.499. The average Bonchev–Trinajstić information content (AvgIpc) is 2.69. The Morgan fingerprint density at radius 3 is 2.35 bits per heavy atom. The number of hydrogen-bond acceptors (Lipinski definition) is 4. The molecule has 2 aromatic rings. The number of ether oxygens (including phenoxy) is 1. The van der Waals surface area contributed by atoms with Gasteiger partial charge in [0, 0.05) is 19.5 Å². The van der Waals surface area contributed by atoms with Gasteiger partial charge in [-0.25, -0.2) is 8.42 Å². The molecular formula is C24H34N2O4S. The van der Waals surface area contributed by atoms with Crippen LogP contribution in [0, 0.1) is 6.92 Å². The molecule has 0 radical (unpaired) electrons. The van der Waals surface area contributed by atoms with Gasteiger partial charge in [-0.2, -0.15) is 0 Å². The number of hydrogen-bond donors (Lipinski definition) is 1. The van der Waals surface area contributed by atoms with Crippen molar-refractivity contribution in [2.45, 2.75) is 52.6 Å². The minimum Gasteiger partial charge on any atom is -0.491 e. The second-order valence-corrected chi connectivity index (χ2v) is 9.90. The fourth-order valence-electron chi connectivity index (χ4n) is 3.31. The van der Waals surface area contributed by atoms with Crippen LogP contribution >= 0.6 is 0 Å². The van der Waals surface area contributed by atoms with Crippen LogP contribution in [0.2, 0.25) is 0 Å². The third-order valence-corrected chi connectivity index (χ3v) is 5.99. The molecule has 0 bridgehead atoms. The molecule has 0 aliphatic rings. The topological polar surface area (TPSA) is 75.7 Å². The van der Waals surface area contributed by atoms with E-state index in [4.69, 9.17) is 4.74 Å².